The van der Waals surface area contributed by atoms with Crippen LogP contribution in [0.1, 0.15) is 55.5 Å². The Morgan fingerprint density at radius 1 is 1.28 bits per heavy atom. The van der Waals surface area contributed by atoms with E-state index in [4.69, 9.17) is 0 Å². The lowest BCUT2D eigenvalue weighted by Gasteiger charge is -2.31. The summed E-state index contributed by atoms with van der Waals surface area (Å²) in [7, 11) is 0. The second-order valence-electron chi connectivity index (χ2n) is 5.11. The van der Waals surface area contributed by atoms with Gasteiger partial charge in [-0.2, -0.15) is 0 Å². The molecule has 0 saturated heterocycles. The Kier molecular flexibility index (Phi) is 4.40. The second-order valence-corrected chi connectivity index (χ2v) is 5.11. The molecule has 1 aromatic rings. The van der Waals surface area contributed by atoms with Gasteiger partial charge in [0.1, 0.15) is 0 Å². The predicted octanol–water partition coefficient (Wildman–Crippen LogP) is 3.83. The van der Waals surface area contributed by atoms with Crippen molar-refractivity contribution in [2.24, 2.45) is 0 Å². The van der Waals surface area contributed by atoms with Gasteiger partial charge >= 0.3 is 0 Å². The van der Waals surface area contributed by atoms with E-state index in [2.05, 4.69) is 30.9 Å². The van der Waals surface area contributed by atoms with Gasteiger partial charge in [-0.3, -0.25) is 4.79 Å². The van der Waals surface area contributed by atoms with Crippen LogP contribution in [0.3, 0.4) is 0 Å². The Hall–Kier alpha value is -1.31. The van der Waals surface area contributed by atoms with Crippen molar-refractivity contribution in [3.63, 3.8) is 0 Å². The van der Waals surface area contributed by atoms with E-state index in [0.29, 0.717) is 6.42 Å². The Morgan fingerprint density at radius 3 is 2.83 bits per heavy atom. The first-order valence-electron chi connectivity index (χ1n) is 7.17. The number of fused-ring (bicyclic) bond motifs is 1. The molecule has 0 amide bonds. The van der Waals surface area contributed by atoms with Crippen LogP contribution in [-0.4, -0.2) is 18.9 Å². The highest BCUT2D eigenvalue weighted by atomic mass is 16.1. The smallest absolute Gasteiger partial charge is 0.162 e. The van der Waals surface area contributed by atoms with E-state index in [1.54, 1.807) is 0 Å². The molecule has 1 aromatic carbocycles. The van der Waals surface area contributed by atoms with Crippen LogP contribution in [0.2, 0.25) is 0 Å². The number of ketones is 1. The Labute approximate surface area is 110 Å². The summed E-state index contributed by atoms with van der Waals surface area (Å²) in [5.74, 6) is 0.280. The number of hydrogen-bond donors (Lipinski definition) is 0. The van der Waals surface area contributed by atoms with Gasteiger partial charge in [-0.05, 0) is 37.3 Å². The van der Waals surface area contributed by atoms with Crippen LogP contribution in [0.15, 0.2) is 18.2 Å². The van der Waals surface area contributed by atoms with Gasteiger partial charge in [-0.15, -0.1) is 0 Å². The number of carbonyl (C=O) groups is 1. The van der Waals surface area contributed by atoms with Gasteiger partial charge in [0, 0.05) is 30.8 Å². The van der Waals surface area contributed by atoms with Gasteiger partial charge in [0.2, 0.25) is 0 Å². The van der Waals surface area contributed by atoms with Gasteiger partial charge < -0.3 is 4.90 Å². The summed E-state index contributed by atoms with van der Waals surface area (Å²) >= 11 is 0. The average molecular weight is 245 g/mol. The highest BCUT2D eigenvalue weighted by Gasteiger charge is 2.17. The normalized spacial score (nSPS) is 14.4. The highest BCUT2D eigenvalue weighted by Crippen LogP contribution is 2.28. The molecule has 2 nitrogen and oxygen atoms in total. The molecular formula is C16H23NO. The molecule has 0 bridgehead atoms. The predicted molar refractivity (Wildman–Crippen MR) is 76.5 cm³/mol. The van der Waals surface area contributed by atoms with Crippen molar-refractivity contribution in [2.45, 2.75) is 46.0 Å². The molecule has 0 unspecified atom stereocenters. The maximum Gasteiger partial charge on any atom is 0.162 e. The molecule has 0 N–H and O–H groups in total. The van der Waals surface area contributed by atoms with Crippen molar-refractivity contribution in [3.8, 4) is 0 Å². The topological polar surface area (TPSA) is 20.3 Å². The van der Waals surface area contributed by atoms with E-state index in [0.717, 1.165) is 37.9 Å². The fourth-order valence-corrected chi connectivity index (χ4v) is 2.70. The van der Waals surface area contributed by atoms with Crippen LogP contribution in [0, 0.1) is 0 Å². The number of Topliss-reactive ketones (excluding diaryl/α,β-unsaturated/α-hetero) is 1. The van der Waals surface area contributed by atoms with Gasteiger partial charge in [-0.1, -0.05) is 26.0 Å². The Bertz CT molecular complexity index is 425. The van der Waals surface area contributed by atoms with Gasteiger partial charge in [0.25, 0.3) is 0 Å². The van der Waals surface area contributed by atoms with Crippen molar-refractivity contribution in [1.82, 2.24) is 0 Å². The average Bonchev–Trinajstić information content (AvgIpc) is 2.39. The van der Waals surface area contributed by atoms with Crippen LogP contribution in [0.4, 0.5) is 5.69 Å². The number of rotatable bonds is 5. The van der Waals surface area contributed by atoms with Crippen LogP contribution >= 0.6 is 0 Å². The van der Waals surface area contributed by atoms with E-state index in [1.807, 2.05) is 6.07 Å². The molecule has 1 aliphatic rings. The summed E-state index contributed by atoms with van der Waals surface area (Å²) in [5, 5.41) is 0. The fraction of sp³-hybridized carbons (Fsp3) is 0.562. The van der Waals surface area contributed by atoms with Crippen LogP contribution in [0.5, 0.6) is 0 Å². The molecule has 1 heterocycles. The maximum atomic E-state index is 12.0. The number of aryl methyl sites for hydroxylation is 1. The lowest BCUT2D eigenvalue weighted by Crippen LogP contribution is -2.30. The molecule has 0 atom stereocenters. The monoisotopic (exact) mass is 245 g/mol. The number of hydrogen-bond acceptors (Lipinski definition) is 2. The minimum Gasteiger partial charge on any atom is -0.371 e. The number of benzene rings is 1. The first-order valence-corrected chi connectivity index (χ1v) is 7.17. The molecule has 18 heavy (non-hydrogen) atoms. The summed E-state index contributed by atoms with van der Waals surface area (Å²) in [6.07, 6.45) is 5.13. The van der Waals surface area contributed by atoms with Crippen molar-refractivity contribution in [1.29, 1.82) is 0 Å². The molecule has 1 aliphatic heterocycles. The molecule has 0 radical (unpaired) electrons. The molecule has 2 rings (SSSR count). The fourth-order valence-electron chi connectivity index (χ4n) is 2.70. The summed E-state index contributed by atoms with van der Waals surface area (Å²) in [5.41, 5.74) is 3.59. The molecule has 0 aromatic heterocycles. The van der Waals surface area contributed by atoms with E-state index >= 15 is 0 Å². The van der Waals surface area contributed by atoms with Gasteiger partial charge in [0.05, 0.1) is 0 Å². The van der Waals surface area contributed by atoms with E-state index < -0.39 is 0 Å². The third kappa shape index (κ3) is 2.74. The van der Waals surface area contributed by atoms with Crippen LogP contribution in [0.25, 0.3) is 0 Å². The molecule has 0 spiro atoms. The van der Waals surface area contributed by atoms with E-state index in [-0.39, 0.29) is 5.78 Å². The minimum atomic E-state index is 0.280. The first-order chi connectivity index (χ1) is 8.76. The number of carbonyl (C=O) groups excluding carboxylic acids is 1. The zero-order valence-corrected chi connectivity index (χ0v) is 11.5. The number of anilines is 1. The van der Waals surface area contributed by atoms with Crippen molar-refractivity contribution >= 4 is 11.5 Å². The zero-order chi connectivity index (χ0) is 13.0. The largest absolute Gasteiger partial charge is 0.371 e. The summed E-state index contributed by atoms with van der Waals surface area (Å²) in [6, 6.07) is 6.27. The molecule has 0 fully saturated rings. The van der Waals surface area contributed by atoms with Crippen LogP contribution in [-0.2, 0) is 6.42 Å². The minimum absolute atomic E-state index is 0.280. The molecular weight excluding hydrogens is 222 g/mol. The lowest BCUT2D eigenvalue weighted by molar-refractivity contribution is 0.0982. The van der Waals surface area contributed by atoms with Crippen LogP contribution < -0.4 is 4.90 Å². The third-order valence-electron chi connectivity index (χ3n) is 3.59. The summed E-state index contributed by atoms with van der Waals surface area (Å²) in [4.78, 5) is 14.4. The first kappa shape index (κ1) is 13.1. The third-order valence-corrected chi connectivity index (χ3v) is 3.59. The lowest BCUT2D eigenvalue weighted by atomic mass is 9.97. The van der Waals surface area contributed by atoms with Gasteiger partial charge in [0.15, 0.2) is 5.78 Å². The quantitative estimate of drug-likeness (QED) is 0.735. The summed E-state index contributed by atoms with van der Waals surface area (Å²) < 4.78 is 0. The zero-order valence-electron chi connectivity index (χ0n) is 11.5. The molecule has 0 saturated carbocycles. The molecule has 0 aliphatic carbocycles. The van der Waals surface area contributed by atoms with Crippen molar-refractivity contribution in [2.75, 3.05) is 18.0 Å². The van der Waals surface area contributed by atoms with Crippen molar-refractivity contribution < 1.29 is 4.79 Å². The van der Waals surface area contributed by atoms with Crippen molar-refractivity contribution in [3.05, 3.63) is 29.3 Å². The van der Waals surface area contributed by atoms with E-state index in [1.165, 1.54) is 17.7 Å². The molecule has 98 valence electrons. The van der Waals surface area contributed by atoms with Gasteiger partial charge in [-0.25, -0.2) is 0 Å². The Balaban J connectivity index is 2.27. The maximum absolute atomic E-state index is 12.0. The number of nitrogens with zero attached hydrogens (tertiary/aromatic N) is 1. The highest BCUT2D eigenvalue weighted by molar-refractivity contribution is 5.97. The Morgan fingerprint density at radius 2 is 2.11 bits per heavy atom. The standard InChI is InChI=1S/C16H23NO/c1-3-6-16(18)14-9-8-13-7-5-11-17(10-4-2)15(13)12-14/h8-9,12H,3-7,10-11H2,1-2H3. The summed E-state index contributed by atoms with van der Waals surface area (Å²) in [6.45, 7) is 6.49. The SMILES string of the molecule is CCCC(=O)c1ccc2c(c1)N(CCC)CCC2. The second kappa shape index (κ2) is 6.03. The molecule has 2 heteroatoms. The van der Waals surface area contributed by atoms with E-state index in [9.17, 15) is 4.79 Å².